The number of amides is 4. The zero-order chi connectivity index (χ0) is 32.4. The number of para-hydroxylation sites is 1. The molecule has 1 aromatic heterocycles. The van der Waals surface area contributed by atoms with Gasteiger partial charge in [-0.3, -0.25) is 19.2 Å². The van der Waals surface area contributed by atoms with Crippen LogP contribution >= 0.6 is 0 Å². The molecule has 4 amide bonds. The minimum absolute atomic E-state index is 0.0352. The second-order valence-electron chi connectivity index (χ2n) is 13.9. The maximum absolute atomic E-state index is 13.6. The van der Waals surface area contributed by atoms with Gasteiger partial charge in [0, 0.05) is 17.8 Å². The van der Waals surface area contributed by atoms with Crippen LogP contribution in [0.3, 0.4) is 0 Å². The van der Waals surface area contributed by atoms with Gasteiger partial charge in [0.15, 0.2) is 0 Å². The molecule has 10 nitrogen and oxygen atoms in total. The first-order chi connectivity index (χ1) is 20.7. The number of hydrogen-bond donors (Lipinski definition) is 5. The third-order valence-electron chi connectivity index (χ3n) is 8.39. The Balaban J connectivity index is 1.78. The number of nitrogens with two attached hydrogens (primary N) is 1. The smallest absolute Gasteiger partial charge is 0.270 e. The van der Waals surface area contributed by atoms with Crippen molar-refractivity contribution in [3.63, 3.8) is 0 Å². The maximum atomic E-state index is 13.6. The molecule has 1 heterocycles. The molecular weight excluding hydrogens is 558 g/mol. The number of aliphatic hydroxyl groups is 1. The van der Waals surface area contributed by atoms with Gasteiger partial charge in [-0.2, -0.15) is 0 Å². The molecule has 1 aliphatic carbocycles. The van der Waals surface area contributed by atoms with Crippen LogP contribution in [0.1, 0.15) is 96.5 Å². The summed E-state index contributed by atoms with van der Waals surface area (Å²) in [4.78, 5) is 56.3. The van der Waals surface area contributed by atoms with E-state index in [-0.39, 0.29) is 29.4 Å². The fraction of sp³-hybridized carbons (Fsp3) is 0.618. The van der Waals surface area contributed by atoms with Crippen molar-refractivity contribution in [1.29, 1.82) is 0 Å². The van der Waals surface area contributed by atoms with E-state index in [0.29, 0.717) is 24.4 Å². The second-order valence-corrected chi connectivity index (χ2v) is 13.9. The van der Waals surface area contributed by atoms with Gasteiger partial charge in [0.2, 0.25) is 17.7 Å². The third kappa shape index (κ3) is 10.9. The van der Waals surface area contributed by atoms with Crippen molar-refractivity contribution >= 4 is 34.5 Å². The van der Waals surface area contributed by atoms with Gasteiger partial charge in [-0.1, -0.05) is 91.0 Å². The number of aliphatic hydroxyl groups excluding tert-OH is 1. The normalized spacial score (nSPS) is 17.0. The summed E-state index contributed by atoms with van der Waals surface area (Å²) in [5.41, 5.74) is 6.11. The molecule has 1 saturated carbocycles. The highest BCUT2D eigenvalue weighted by molar-refractivity contribution is 5.99. The quantitative estimate of drug-likeness (QED) is 0.218. The largest absolute Gasteiger partial charge is 0.391 e. The Hall–Kier alpha value is -3.53. The van der Waals surface area contributed by atoms with E-state index in [2.05, 4.69) is 20.9 Å². The van der Waals surface area contributed by atoms with Crippen molar-refractivity contribution < 1.29 is 24.3 Å². The van der Waals surface area contributed by atoms with E-state index < -0.39 is 48.2 Å². The fourth-order valence-electron chi connectivity index (χ4n) is 5.80. The second kappa shape index (κ2) is 16.0. The topological polar surface area (TPSA) is 164 Å². The molecular formula is C34H51N5O5. The van der Waals surface area contributed by atoms with Crippen molar-refractivity contribution in [2.45, 2.75) is 104 Å². The van der Waals surface area contributed by atoms with Crippen molar-refractivity contribution in [3.05, 3.63) is 42.1 Å². The molecule has 1 aliphatic rings. The van der Waals surface area contributed by atoms with Crippen LogP contribution in [0.25, 0.3) is 10.9 Å². The summed E-state index contributed by atoms with van der Waals surface area (Å²) in [5.74, 6) is -2.30. The molecule has 4 atom stereocenters. The highest BCUT2D eigenvalue weighted by Gasteiger charge is 2.34. The van der Waals surface area contributed by atoms with Gasteiger partial charge in [-0.15, -0.1) is 0 Å². The number of carbonyl (C=O) groups excluding carboxylic acids is 4. The van der Waals surface area contributed by atoms with Crippen LogP contribution < -0.4 is 21.7 Å². The summed E-state index contributed by atoms with van der Waals surface area (Å²) in [7, 11) is 0. The fourth-order valence-corrected chi connectivity index (χ4v) is 5.80. The van der Waals surface area contributed by atoms with Crippen LogP contribution in [0.15, 0.2) is 36.4 Å². The van der Waals surface area contributed by atoms with Crippen molar-refractivity contribution in [2.75, 3.05) is 6.54 Å². The number of rotatable bonds is 14. The van der Waals surface area contributed by atoms with E-state index in [9.17, 15) is 24.3 Å². The molecule has 0 aliphatic heterocycles. The zero-order valence-corrected chi connectivity index (χ0v) is 26.9. The van der Waals surface area contributed by atoms with E-state index in [1.165, 1.54) is 0 Å². The minimum atomic E-state index is -1.26. The molecule has 44 heavy (non-hydrogen) atoms. The number of hydrogen-bond acceptors (Lipinski definition) is 6. The number of carbonyl (C=O) groups is 4. The monoisotopic (exact) mass is 609 g/mol. The van der Waals surface area contributed by atoms with Crippen LogP contribution in [0.2, 0.25) is 0 Å². The average molecular weight is 610 g/mol. The molecule has 2 aromatic rings. The summed E-state index contributed by atoms with van der Waals surface area (Å²) in [5, 5.41) is 21.0. The zero-order valence-electron chi connectivity index (χ0n) is 26.9. The highest BCUT2D eigenvalue weighted by atomic mass is 16.3. The van der Waals surface area contributed by atoms with Gasteiger partial charge in [-0.05, 0) is 42.2 Å². The predicted octanol–water partition coefficient (Wildman–Crippen LogP) is 3.85. The van der Waals surface area contributed by atoms with Gasteiger partial charge in [0.25, 0.3) is 5.91 Å². The van der Waals surface area contributed by atoms with E-state index in [0.717, 1.165) is 37.5 Å². The average Bonchev–Trinajstić information content (AvgIpc) is 2.97. The van der Waals surface area contributed by atoms with E-state index >= 15 is 0 Å². The Bertz CT molecular complexity index is 1280. The molecule has 0 spiro atoms. The van der Waals surface area contributed by atoms with Crippen LogP contribution in [0, 0.1) is 23.2 Å². The maximum Gasteiger partial charge on any atom is 0.270 e. The number of fused-ring (bicyclic) bond motifs is 1. The Labute approximate surface area is 261 Å². The van der Waals surface area contributed by atoms with Crippen LogP contribution in [0.5, 0.6) is 0 Å². The van der Waals surface area contributed by atoms with E-state index in [1.807, 2.05) is 52.8 Å². The van der Waals surface area contributed by atoms with Gasteiger partial charge >= 0.3 is 0 Å². The molecule has 0 saturated heterocycles. The number of aromatic nitrogens is 1. The third-order valence-corrected chi connectivity index (χ3v) is 8.39. The van der Waals surface area contributed by atoms with Gasteiger partial charge in [-0.25, -0.2) is 4.98 Å². The Morgan fingerprint density at radius 2 is 1.66 bits per heavy atom. The SMILES string of the molecule is CC(C)[C@H](C[C@H](O)[C@H](CC1CCCCC1)NC(=O)C(CC(N)=O)NC(=O)c1ccc2ccccc2n1)C(=O)NCC(C)(C)C. The number of primary amides is 1. The Morgan fingerprint density at radius 1 is 0.977 bits per heavy atom. The number of pyridine rings is 1. The van der Waals surface area contributed by atoms with Crippen LogP contribution in [-0.2, 0) is 14.4 Å². The molecule has 1 aromatic carbocycles. The lowest BCUT2D eigenvalue weighted by molar-refractivity contribution is -0.129. The molecule has 0 radical (unpaired) electrons. The van der Waals surface area contributed by atoms with E-state index in [4.69, 9.17) is 5.73 Å². The van der Waals surface area contributed by atoms with Gasteiger partial charge < -0.3 is 26.8 Å². The number of benzene rings is 1. The lowest BCUT2D eigenvalue weighted by Crippen LogP contribution is -2.54. The van der Waals surface area contributed by atoms with Crippen molar-refractivity contribution in [1.82, 2.24) is 20.9 Å². The standard InChI is InChI=1S/C34H51N5O5/c1-21(2)24(31(42)36-20-34(3,4)5)18-29(40)27(17-22-11-7-6-8-12-22)38-33(44)28(19-30(35)41)39-32(43)26-16-15-23-13-9-10-14-25(23)37-26/h9-10,13-16,21-22,24,27-29,40H,6-8,11-12,17-20H2,1-5H3,(H2,35,41)(H,36,42)(H,38,44)(H,39,43)/t24-,27-,28?,29-/m0/s1. The summed E-state index contributed by atoms with van der Waals surface area (Å²) < 4.78 is 0. The van der Waals surface area contributed by atoms with Crippen LogP contribution in [-0.4, -0.2) is 58.5 Å². The van der Waals surface area contributed by atoms with Gasteiger partial charge in [0.1, 0.15) is 11.7 Å². The first-order valence-corrected chi connectivity index (χ1v) is 15.9. The molecule has 6 N–H and O–H groups in total. The van der Waals surface area contributed by atoms with Crippen molar-refractivity contribution in [3.8, 4) is 0 Å². The van der Waals surface area contributed by atoms with Crippen LogP contribution in [0.4, 0.5) is 0 Å². The number of nitrogens with one attached hydrogen (secondary N) is 3. The Morgan fingerprint density at radius 3 is 2.30 bits per heavy atom. The Kier molecular flexibility index (Phi) is 12.7. The molecule has 1 fully saturated rings. The van der Waals surface area contributed by atoms with Gasteiger partial charge in [0.05, 0.1) is 24.1 Å². The first-order valence-electron chi connectivity index (χ1n) is 15.9. The molecule has 242 valence electrons. The molecule has 0 bridgehead atoms. The van der Waals surface area contributed by atoms with Crippen molar-refractivity contribution in [2.24, 2.45) is 28.9 Å². The summed E-state index contributed by atoms with van der Waals surface area (Å²) in [6.45, 7) is 10.5. The number of nitrogens with zero attached hydrogens (tertiary/aromatic N) is 1. The molecule has 3 rings (SSSR count). The van der Waals surface area contributed by atoms with E-state index in [1.54, 1.807) is 18.2 Å². The minimum Gasteiger partial charge on any atom is -0.391 e. The first kappa shape index (κ1) is 35.0. The lowest BCUT2D eigenvalue weighted by Gasteiger charge is -2.33. The predicted molar refractivity (Wildman–Crippen MR) is 171 cm³/mol. The summed E-state index contributed by atoms with van der Waals surface area (Å²) in [6, 6.07) is 8.74. The lowest BCUT2D eigenvalue weighted by atomic mass is 9.81. The summed E-state index contributed by atoms with van der Waals surface area (Å²) in [6.07, 6.45) is 4.59. The summed E-state index contributed by atoms with van der Waals surface area (Å²) >= 11 is 0. The highest BCUT2D eigenvalue weighted by Crippen LogP contribution is 2.30. The molecule has 10 heteroatoms. The molecule has 1 unspecified atom stereocenters.